The van der Waals surface area contributed by atoms with E-state index in [-0.39, 0.29) is 12.4 Å². The summed E-state index contributed by atoms with van der Waals surface area (Å²) in [6.07, 6.45) is 0.921. The summed E-state index contributed by atoms with van der Waals surface area (Å²) < 4.78 is 10.1. The normalized spacial score (nSPS) is 10.5. The molecule has 0 radical (unpaired) electrons. The van der Waals surface area contributed by atoms with Crippen molar-refractivity contribution in [1.29, 1.82) is 0 Å². The molecule has 0 spiro atoms. The number of hydrogen-bond donors (Lipinski definition) is 2. The highest BCUT2D eigenvalue weighted by Gasteiger charge is 2.02. The summed E-state index contributed by atoms with van der Waals surface area (Å²) in [5.74, 6) is 0.182. The van der Waals surface area contributed by atoms with Gasteiger partial charge in [-0.3, -0.25) is 4.79 Å². The second-order valence-corrected chi connectivity index (χ2v) is 4.43. The van der Waals surface area contributed by atoms with Gasteiger partial charge in [-0.15, -0.1) is 0 Å². The van der Waals surface area contributed by atoms with E-state index in [9.17, 15) is 4.79 Å². The number of rotatable bonds is 11. The van der Waals surface area contributed by atoms with Crippen molar-refractivity contribution in [3.8, 4) is 0 Å². The third kappa shape index (κ3) is 7.23. The first kappa shape index (κ1) is 16.6. The molecule has 0 aliphatic carbocycles. The minimum absolute atomic E-state index is 0.0435. The Bertz CT molecular complexity index is 378. The lowest BCUT2D eigenvalue weighted by atomic mass is 10.2. The Hall–Kier alpha value is -1.43. The van der Waals surface area contributed by atoms with Crippen LogP contribution in [0.5, 0.6) is 0 Å². The lowest BCUT2D eigenvalue weighted by molar-refractivity contribution is -0.120. The van der Waals surface area contributed by atoms with Crippen LogP contribution in [0.15, 0.2) is 24.3 Å². The molecule has 0 amide bonds. The molecule has 0 atom stereocenters. The largest absolute Gasteiger partial charge is 0.392 e. The molecule has 0 saturated heterocycles. The zero-order valence-corrected chi connectivity index (χ0v) is 11.9. The summed E-state index contributed by atoms with van der Waals surface area (Å²) >= 11 is 0. The Morgan fingerprint density at radius 3 is 2.55 bits per heavy atom. The average molecular weight is 281 g/mol. The van der Waals surface area contributed by atoms with Crippen LogP contribution in [-0.4, -0.2) is 44.4 Å². The van der Waals surface area contributed by atoms with Gasteiger partial charge in [-0.05, 0) is 17.7 Å². The maximum atomic E-state index is 11.6. The Morgan fingerprint density at radius 2 is 1.90 bits per heavy atom. The number of methoxy groups -OCH3 is 1. The Kier molecular flexibility index (Phi) is 8.62. The Balaban J connectivity index is 2.08. The highest BCUT2D eigenvalue weighted by molar-refractivity contribution is 5.79. The van der Waals surface area contributed by atoms with Crippen LogP contribution < -0.4 is 5.32 Å². The maximum Gasteiger partial charge on any atom is 0.136 e. The Morgan fingerprint density at radius 1 is 1.15 bits per heavy atom. The first-order valence-electron chi connectivity index (χ1n) is 6.78. The van der Waals surface area contributed by atoms with Crippen LogP contribution >= 0.6 is 0 Å². The number of aliphatic hydroxyl groups excluding tert-OH is 1. The third-order valence-corrected chi connectivity index (χ3v) is 2.83. The van der Waals surface area contributed by atoms with Crippen molar-refractivity contribution in [3.05, 3.63) is 29.8 Å². The summed E-state index contributed by atoms with van der Waals surface area (Å²) in [6, 6.07) is 7.50. The SMILES string of the molecule is COCCOCCC(=O)CCNc1ccc(CO)cc1. The average Bonchev–Trinajstić information content (AvgIpc) is 2.48. The van der Waals surface area contributed by atoms with Crippen LogP contribution in [-0.2, 0) is 20.9 Å². The van der Waals surface area contributed by atoms with Gasteiger partial charge in [-0.25, -0.2) is 0 Å². The zero-order chi connectivity index (χ0) is 14.6. The van der Waals surface area contributed by atoms with E-state index < -0.39 is 0 Å². The van der Waals surface area contributed by atoms with Crippen molar-refractivity contribution in [3.63, 3.8) is 0 Å². The molecular formula is C15H23NO4. The van der Waals surface area contributed by atoms with Crippen molar-refractivity contribution in [2.24, 2.45) is 0 Å². The molecule has 5 heteroatoms. The fraction of sp³-hybridized carbons (Fsp3) is 0.533. The van der Waals surface area contributed by atoms with Crippen molar-refractivity contribution in [2.75, 3.05) is 38.8 Å². The highest BCUT2D eigenvalue weighted by Crippen LogP contribution is 2.09. The quantitative estimate of drug-likeness (QED) is 0.603. The number of Topliss-reactive ketones (excluding diaryl/α,β-unsaturated/α-hetero) is 1. The van der Waals surface area contributed by atoms with Crippen LogP contribution in [0, 0.1) is 0 Å². The number of ketones is 1. The van der Waals surface area contributed by atoms with Gasteiger partial charge in [-0.2, -0.15) is 0 Å². The van der Waals surface area contributed by atoms with Crippen LogP contribution in [0.3, 0.4) is 0 Å². The molecule has 0 bridgehead atoms. The highest BCUT2D eigenvalue weighted by atomic mass is 16.5. The molecule has 1 aromatic carbocycles. The number of anilines is 1. The molecule has 0 heterocycles. The van der Waals surface area contributed by atoms with Gasteiger partial charge in [0.1, 0.15) is 5.78 Å². The topological polar surface area (TPSA) is 67.8 Å². The van der Waals surface area contributed by atoms with E-state index in [0.717, 1.165) is 11.3 Å². The van der Waals surface area contributed by atoms with E-state index in [4.69, 9.17) is 14.6 Å². The van der Waals surface area contributed by atoms with Crippen molar-refractivity contribution in [1.82, 2.24) is 0 Å². The molecule has 1 aromatic rings. The molecule has 0 unspecified atom stereocenters. The number of nitrogens with one attached hydrogen (secondary N) is 1. The summed E-state index contributed by atoms with van der Waals surface area (Å²) in [5.41, 5.74) is 1.83. The number of ether oxygens (including phenoxy) is 2. The summed E-state index contributed by atoms with van der Waals surface area (Å²) in [7, 11) is 1.62. The molecule has 0 saturated carbocycles. The predicted molar refractivity (Wildman–Crippen MR) is 77.8 cm³/mol. The van der Waals surface area contributed by atoms with Gasteiger partial charge in [0.15, 0.2) is 0 Å². The van der Waals surface area contributed by atoms with Crippen LogP contribution in [0.1, 0.15) is 18.4 Å². The first-order chi connectivity index (χ1) is 9.76. The fourth-order valence-electron chi connectivity index (χ4n) is 1.63. The van der Waals surface area contributed by atoms with E-state index in [0.29, 0.717) is 39.2 Å². The van der Waals surface area contributed by atoms with Crippen molar-refractivity contribution < 1.29 is 19.4 Å². The van der Waals surface area contributed by atoms with Gasteiger partial charge in [-0.1, -0.05) is 12.1 Å². The first-order valence-corrected chi connectivity index (χ1v) is 6.78. The van der Waals surface area contributed by atoms with Crippen molar-refractivity contribution in [2.45, 2.75) is 19.4 Å². The number of aliphatic hydroxyl groups is 1. The molecule has 0 aliphatic rings. The lowest BCUT2D eigenvalue weighted by Gasteiger charge is -2.07. The second kappa shape index (κ2) is 10.4. The van der Waals surface area contributed by atoms with Gasteiger partial charge in [0.05, 0.1) is 26.4 Å². The standard InChI is InChI=1S/C15H23NO4/c1-19-10-11-20-9-7-15(18)6-8-16-14-4-2-13(12-17)3-5-14/h2-5,16-17H,6-12H2,1H3. The van der Waals surface area contributed by atoms with Crippen molar-refractivity contribution >= 4 is 11.5 Å². The number of hydrogen-bond acceptors (Lipinski definition) is 5. The maximum absolute atomic E-state index is 11.6. The molecule has 0 fully saturated rings. The number of carbonyl (C=O) groups excluding carboxylic acids is 1. The predicted octanol–water partition coefficient (Wildman–Crippen LogP) is 1.60. The third-order valence-electron chi connectivity index (χ3n) is 2.83. The van der Waals surface area contributed by atoms with E-state index in [2.05, 4.69) is 5.32 Å². The van der Waals surface area contributed by atoms with E-state index >= 15 is 0 Å². The molecule has 20 heavy (non-hydrogen) atoms. The van der Waals surface area contributed by atoms with Gasteiger partial charge in [0.25, 0.3) is 0 Å². The smallest absolute Gasteiger partial charge is 0.136 e. The summed E-state index contributed by atoms with van der Waals surface area (Å²) in [5, 5.41) is 12.1. The molecule has 112 valence electrons. The number of carbonyl (C=O) groups is 1. The molecule has 2 N–H and O–H groups in total. The molecular weight excluding hydrogens is 258 g/mol. The fourth-order valence-corrected chi connectivity index (χ4v) is 1.63. The second-order valence-electron chi connectivity index (χ2n) is 4.43. The van der Waals surface area contributed by atoms with Gasteiger partial charge in [0, 0.05) is 32.2 Å². The van der Waals surface area contributed by atoms with Crippen LogP contribution in [0.4, 0.5) is 5.69 Å². The summed E-state index contributed by atoms with van der Waals surface area (Å²) in [6.45, 7) is 2.18. The molecule has 1 rings (SSSR count). The van der Waals surface area contributed by atoms with Gasteiger partial charge < -0.3 is 19.9 Å². The Labute approximate surface area is 119 Å². The minimum atomic E-state index is 0.0435. The monoisotopic (exact) mass is 281 g/mol. The van der Waals surface area contributed by atoms with Crippen LogP contribution in [0.25, 0.3) is 0 Å². The van der Waals surface area contributed by atoms with Gasteiger partial charge >= 0.3 is 0 Å². The van der Waals surface area contributed by atoms with Gasteiger partial charge in [0.2, 0.25) is 0 Å². The lowest BCUT2D eigenvalue weighted by Crippen LogP contribution is -2.12. The van der Waals surface area contributed by atoms with E-state index in [1.807, 2.05) is 24.3 Å². The van der Waals surface area contributed by atoms with E-state index in [1.165, 1.54) is 0 Å². The summed E-state index contributed by atoms with van der Waals surface area (Å²) in [4.78, 5) is 11.6. The molecule has 5 nitrogen and oxygen atoms in total. The zero-order valence-electron chi connectivity index (χ0n) is 11.9. The number of benzene rings is 1. The van der Waals surface area contributed by atoms with E-state index in [1.54, 1.807) is 7.11 Å². The van der Waals surface area contributed by atoms with Crippen LogP contribution in [0.2, 0.25) is 0 Å². The molecule has 0 aliphatic heterocycles. The minimum Gasteiger partial charge on any atom is -0.392 e. The molecule has 0 aromatic heterocycles.